The predicted octanol–water partition coefficient (Wildman–Crippen LogP) is 4.32. The third kappa shape index (κ3) is 6.79. The zero-order chi connectivity index (χ0) is 24.7. The Balaban J connectivity index is 1.45. The number of amides is 4. The highest BCUT2D eigenvalue weighted by atomic mass is 32.2. The first-order valence-electron chi connectivity index (χ1n) is 10.4. The first kappa shape index (κ1) is 24.7. The van der Waals surface area contributed by atoms with Gasteiger partial charge in [-0.2, -0.15) is 0 Å². The Hall–Kier alpha value is -3.92. The van der Waals surface area contributed by atoms with Gasteiger partial charge in [-0.15, -0.1) is 0 Å². The van der Waals surface area contributed by atoms with Gasteiger partial charge in [0, 0.05) is 17.9 Å². The number of anilines is 2. The molecule has 0 aliphatic rings. The largest absolute Gasteiger partial charge is 0.337 e. The zero-order valence-corrected chi connectivity index (χ0v) is 19.5. The summed E-state index contributed by atoms with van der Waals surface area (Å²) >= 11 is 0. The Morgan fingerprint density at radius 1 is 0.824 bits per heavy atom. The highest BCUT2D eigenvalue weighted by Crippen LogP contribution is 2.16. The van der Waals surface area contributed by atoms with E-state index in [4.69, 9.17) is 0 Å². The summed E-state index contributed by atoms with van der Waals surface area (Å²) in [6.45, 7) is 3.48. The maximum absolute atomic E-state index is 13.3. The van der Waals surface area contributed by atoms with Crippen molar-refractivity contribution in [3.05, 3.63) is 89.2 Å². The van der Waals surface area contributed by atoms with Crippen molar-refractivity contribution in [2.24, 2.45) is 0 Å². The van der Waals surface area contributed by atoms with Gasteiger partial charge in [-0.3, -0.25) is 0 Å². The number of carbonyl (C=O) groups excluding carboxylic acids is 2. The van der Waals surface area contributed by atoms with Crippen molar-refractivity contribution in [3.8, 4) is 0 Å². The van der Waals surface area contributed by atoms with E-state index in [-0.39, 0.29) is 17.3 Å². The van der Waals surface area contributed by atoms with Crippen molar-refractivity contribution in [1.82, 2.24) is 10.0 Å². The molecule has 34 heavy (non-hydrogen) atoms. The fourth-order valence-corrected chi connectivity index (χ4v) is 4.34. The molecule has 3 aromatic rings. The van der Waals surface area contributed by atoms with Gasteiger partial charge in [-0.05, 0) is 73.4 Å². The monoisotopic (exact) mass is 484 g/mol. The summed E-state index contributed by atoms with van der Waals surface area (Å²) < 4.78 is 40.0. The number of hydrogen-bond donors (Lipinski definition) is 4. The van der Waals surface area contributed by atoms with Crippen LogP contribution in [0.2, 0.25) is 0 Å². The maximum Gasteiger partial charge on any atom is 0.328 e. The topological polar surface area (TPSA) is 116 Å². The fourth-order valence-electron chi connectivity index (χ4n) is 3.16. The van der Waals surface area contributed by atoms with E-state index in [1.54, 1.807) is 56.3 Å². The quantitative estimate of drug-likeness (QED) is 0.400. The van der Waals surface area contributed by atoms with Crippen LogP contribution >= 0.6 is 0 Å². The summed E-state index contributed by atoms with van der Waals surface area (Å²) in [5.41, 5.74) is 2.87. The van der Waals surface area contributed by atoms with Gasteiger partial charge in [0.25, 0.3) is 10.0 Å². The number of halogens is 1. The summed E-state index contributed by atoms with van der Waals surface area (Å²) in [6.07, 6.45) is 0.458. The molecule has 0 aliphatic carbocycles. The van der Waals surface area contributed by atoms with Crippen LogP contribution in [0, 0.1) is 19.7 Å². The zero-order valence-electron chi connectivity index (χ0n) is 18.7. The third-order valence-corrected chi connectivity index (χ3v) is 6.43. The molecule has 4 amide bonds. The second kappa shape index (κ2) is 10.8. The molecule has 0 radical (unpaired) electrons. The first-order chi connectivity index (χ1) is 16.1. The summed E-state index contributed by atoms with van der Waals surface area (Å²) in [7, 11) is -3.96. The number of aryl methyl sites for hydroxylation is 2. The standard InChI is InChI=1S/C24H25FN4O4S/c1-16-5-3-4-6-22(16)34(32,33)29-23(30)26-14-13-18-7-9-19(10-8-18)27-24(31)28-20-11-12-21(25)17(2)15-20/h3-12,15H,13-14H2,1-2H3,(H2,26,29,30)(H2,27,28,31). The van der Waals surface area contributed by atoms with Crippen LogP contribution in [0.5, 0.6) is 0 Å². The molecule has 0 spiro atoms. The molecular weight excluding hydrogens is 459 g/mol. The minimum absolute atomic E-state index is 0.0480. The number of hydrogen-bond acceptors (Lipinski definition) is 4. The Morgan fingerprint density at radius 3 is 2.15 bits per heavy atom. The molecule has 0 fully saturated rings. The lowest BCUT2D eigenvalue weighted by Gasteiger charge is -2.11. The second-order valence-electron chi connectivity index (χ2n) is 7.62. The molecule has 0 saturated heterocycles. The summed E-state index contributed by atoms with van der Waals surface area (Å²) in [5.74, 6) is -0.346. The summed E-state index contributed by atoms with van der Waals surface area (Å²) in [5, 5.41) is 7.84. The number of rotatable bonds is 7. The summed E-state index contributed by atoms with van der Waals surface area (Å²) in [6, 6.07) is 16.4. The third-order valence-electron chi connectivity index (χ3n) is 4.94. The molecule has 0 bridgehead atoms. The minimum atomic E-state index is -3.96. The Labute approximate surface area is 197 Å². The van der Waals surface area contributed by atoms with Crippen molar-refractivity contribution in [3.63, 3.8) is 0 Å². The Morgan fingerprint density at radius 2 is 1.47 bits per heavy atom. The molecule has 10 heteroatoms. The normalized spacial score (nSPS) is 10.9. The number of nitrogens with one attached hydrogen (secondary N) is 4. The van der Waals surface area contributed by atoms with Crippen molar-refractivity contribution in [2.45, 2.75) is 25.2 Å². The number of carbonyl (C=O) groups is 2. The van der Waals surface area contributed by atoms with Crippen molar-refractivity contribution < 1.29 is 22.4 Å². The average molecular weight is 485 g/mol. The molecule has 3 rings (SSSR count). The smallest absolute Gasteiger partial charge is 0.328 e. The molecule has 0 heterocycles. The van der Waals surface area contributed by atoms with E-state index in [1.807, 2.05) is 4.72 Å². The molecule has 3 aromatic carbocycles. The van der Waals surface area contributed by atoms with Crippen LogP contribution in [-0.2, 0) is 16.4 Å². The van der Waals surface area contributed by atoms with E-state index in [2.05, 4.69) is 16.0 Å². The molecular formula is C24H25FN4O4S. The van der Waals surface area contributed by atoms with Gasteiger partial charge in [-0.1, -0.05) is 30.3 Å². The van der Waals surface area contributed by atoms with Crippen LogP contribution in [0.3, 0.4) is 0 Å². The molecule has 4 N–H and O–H groups in total. The van der Waals surface area contributed by atoms with E-state index in [0.717, 1.165) is 5.56 Å². The Bertz CT molecular complexity index is 1290. The molecule has 0 atom stereocenters. The lowest BCUT2D eigenvalue weighted by atomic mass is 10.1. The van der Waals surface area contributed by atoms with Crippen LogP contribution in [0.1, 0.15) is 16.7 Å². The highest BCUT2D eigenvalue weighted by Gasteiger charge is 2.19. The molecule has 178 valence electrons. The van der Waals surface area contributed by atoms with Gasteiger partial charge in [0.1, 0.15) is 5.82 Å². The van der Waals surface area contributed by atoms with Crippen LogP contribution in [0.15, 0.2) is 71.6 Å². The molecule has 8 nitrogen and oxygen atoms in total. The molecule has 0 unspecified atom stereocenters. The number of sulfonamides is 1. The van der Waals surface area contributed by atoms with Crippen LogP contribution in [-0.4, -0.2) is 27.0 Å². The second-order valence-corrected chi connectivity index (χ2v) is 9.27. The van der Waals surface area contributed by atoms with E-state index in [9.17, 15) is 22.4 Å². The van der Waals surface area contributed by atoms with E-state index >= 15 is 0 Å². The van der Waals surface area contributed by atoms with E-state index < -0.39 is 22.1 Å². The van der Waals surface area contributed by atoms with Crippen LogP contribution in [0.25, 0.3) is 0 Å². The highest BCUT2D eigenvalue weighted by molar-refractivity contribution is 7.90. The molecule has 0 aromatic heterocycles. The van der Waals surface area contributed by atoms with Gasteiger partial charge in [-0.25, -0.2) is 27.1 Å². The van der Waals surface area contributed by atoms with Crippen LogP contribution in [0.4, 0.5) is 25.4 Å². The summed E-state index contributed by atoms with van der Waals surface area (Å²) in [4.78, 5) is 24.2. The lowest BCUT2D eigenvalue weighted by molar-refractivity contribution is 0.246. The number of urea groups is 2. The lowest BCUT2D eigenvalue weighted by Crippen LogP contribution is -2.40. The van der Waals surface area contributed by atoms with Gasteiger partial charge in [0.05, 0.1) is 4.90 Å². The van der Waals surface area contributed by atoms with Gasteiger partial charge < -0.3 is 16.0 Å². The Kier molecular flexibility index (Phi) is 7.85. The van der Waals surface area contributed by atoms with Gasteiger partial charge in [0.2, 0.25) is 0 Å². The molecule has 0 aliphatic heterocycles. The molecule has 0 saturated carbocycles. The van der Waals surface area contributed by atoms with Crippen LogP contribution < -0.4 is 20.7 Å². The average Bonchev–Trinajstić information content (AvgIpc) is 2.77. The van der Waals surface area contributed by atoms with Gasteiger partial charge in [0.15, 0.2) is 0 Å². The van der Waals surface area contributed by atoms with Crippen molar-refractivity contribution >= 4 is 33.5 Å². The maximum atomic E-state index is 13.3. The first-order valence-corrected chi connectivity index (χ1v) is 11.9. The predicted molar refractivity (Wildman–Crippen MR) is 129 cm³/mol. The minimum Gasteiger partial charge on any atom is -0.337 e. The van der Waals surface area contributed by atoms with Gasteiger partial charge >= 0.3 is 12.1 Å². The van der Waals surface area contributed by atoms with E-state index in [1.165, 1.54) is 24.3 Å². The SMILES string of the molecule is Cc1cc(NC(=O)Nc2ccc(CCNC(=O)NS(=O)(=O)c3ccccc3C)cc2)ccc1F. The van der Waals surface area contributed by atoms with Crippen molar-refractivity contribution in [1.29, 1.82) is 0 Å². The van der Waals surface area contributed by atoms with E-state index in [0.29, 0.717) is 28.9 Å². The fraction of sp³-hybridized carbons (Fsp3) is 0.167. The van der Waals surface area contributed by atoms with Crippen molar-refractivity contribution in [2.75, 3.05) is 17.2 Å². The number of benzene rings is 3.